The van der Waals surface area contributed by atoms with E-state index in [2.05, 4.69) is 10.6 Å². The Morgan fingerprint density at radius 1 is 1.00 bits per heavy atom. The zero-order valence-electron chi connectivity index (χ0n) is 12.7. The van der Waals surface area contributed by atoms with Crippen LogP contribution in [0.15, 0.2) is 48.5 Å². The highest BCUT2D eigenvalue weighted by Gasteiger charge is 2.10. The van der Waals surface area contributed by atoms with Crippen LogP contribution in [0.25, 0.3) is 0 Å². The molecule has 120 valence electrons. The minimum Gasteiger partial charge on any atom is -0.507 e. The van der Waals surface area contributed by atoms with Crippen molar-refractivity contribution in [2.75, 3.05) is 20.2 Å². The number of carbonyl (C=O) groups excluding carboxylic acids is 2. The summed E-state index contributed by atoms with van der Waals surface area (Å²) in [6.07, 6.45) is 0. The number of para-hydroxylation sites is 1. The SMILES string of the molecule is COc1cccc(C(=O)NCCNC(=O)c2ccccc2O)c1. The Labute approximate surface area is 134 Å². The molecule has 0 aromatic heterocycles. The Hall–Kier alpha value is -3.02. The smallest absolute Gasteiger partial charge is 0.255 e. The number of rotatable bonds is 6. The largest absolute Gasteiger partial charge is 0.507 e. The first-order valence-electron chi connectivity index (χ1n) is 7.10. The highest BCUT2D eigenvalue weighted by atomic mass is 16.5. The molecule has 0 aliphatic carbocycles. The van der Waals surface area contributed by atoms with Crippen molar-refractivity contribution in [3.8, 4) is 11.5 Å². The van der Waals surface area contributed by atoms with E-state index in [1.165, 1.54) is 19.2 Å². The highest BCUT2D eigenvalue weighted by molar-refractivity contribution is 5.97. The van der Waals surface area contributed by atoms with Crippen molar-refractivity contribution >= 4 is 11.8 Å². The van der Waals surface area contributed by atoms with Crippen molar-refractivity contribution < 1.29 is 19.4 Å². The third-order valence-corrected chi connectivity index (χ3v) is 3.18. The van der Waals surface area contributed by atoms with Gasteiger partial charge >= 0.3 is 0 Å². The van der Waals surface area contributed by atoms with Crippen molar-refractivity contribution in [3.63, 3.8) is 0 Å². The third-order valence-electron chi connectivity index (χ3n) is 3.18. The molecule has 6 heteroatoms. The maximum absolute atomic E-state index is 12.0. The standard InChI is InChI=1S/C17H18N2O4/c1-23-13-6-4-5-12(11-13)16(21)18-9-10-19-17(22)14-7-2-3-8-15(14)20/h2-8,11,20H,9-10H2,1H3,(H,18,21)(H,19,22). The maximum Gasteiger partial charge on any atom is 0.255 e. The number of amides is 2. The van der Waals surface area contributed by atoms with Gasteiger partial charge in [0.05, 0.1) is 12.7 Å². The number of hydrogen-bond acceptors (Lipinski definition) is 4. The van der Waals surface area contributed by atoms with Crippen molar-refractivity contribution in [1.82, 2.24) is 10.6 Å². The second-order valence-corrected chi connectivity index (χ2v) is 4.76. The lowest BCUT2D eigenvalue weighted by atomic mass is 10.2. The molecule has 0 saturated heterocycles. The molecule has 0 radical (unpaired) electrons. The molecule has 0 unspecified atom stereocenters. The summed E-state index contributed by atoms with van der Waals surface area (Å²) in [4.78, 5) is 23.8. The second kappa shape index (κ2) is 7.84. The van der Waals surface area contributed by atoms with Gasteiger partial charge in [0.1, 0.15) is 11.5 Å². The molecule has 0 saturated carbocycles. The first kappa shape index (κ1) is 16.4. The molecule has 23 heavy (non-hydrogen) atoms. The van der Waals surface area contributed by atoms with E-state index >= 15 is 0 Å². The fourth-order valence-electron chi connectivity index (χ4n) is 1.98. The van der Waals surface area contributed by atoms with E-state index in [9.17, 15) is 14.7 Å². The van der Waals surface area contributed by atoms with Crippen LogP contribution in [-0.4, -0.2) is 37.1 Å². The third kappa shape index (κ3) is 4.47. The number of aromatic hydroxyl groups is 1. The van der Waals surface area contributed by atoms with E-state index in [4.69, 9.17) is 4.74 Å². The molecule has 3 N–H and O–H groups in total. The van der Waals surface area contributed by atoms with Gasteiger partial charge in [-0.05, 0) is 30.3 Å². The van der Waals surface area contributed by atoms with Gasteiger partial charge < -0.3 is 20.5 Å². The summed E-state index contributed by atoms with van der Waals surface area (Å²) in [6.45, 7) is 0.526. The molecule has 0 aliphatic heterocycles. The molecule has 0 fully saturated rings. The summed E-state index contributed by atoms with van der Waals surface area (Å²) in [6, 6.07) is 13.1. The minimum atomic E-state index is -0.390. The Morgan fingerprint density at radius 3 is 2.39 bits per heavy atom. The maximum atomic E-state index is 12.0. The lowest BCUT2D eigenvalue weighted by Gasteiger charge is -2.08. The zero-order chi connectivity index (χ0) is 16.7. The van der Waals surface area contributed by atoms with Gasteiger partial charge in [-0.3, -0.25) is 9.59 Å². The average molecular weight is 314 g/mol. The second-order valence-electron chi connectivity index (χ2n) is 4.76. The van der Waals surface area contributed by atoms with Gasteiger partial charge in [-0.25, -0.2) is 0 Å². The van der Waals surface area contributed by atoms with E-state index in [0.717, 1.165) is 0 Å². The summed E-state index contributed by atoms with van der Waals surface area (Å²) in [5, 5.41) is 14.9. The molecule has 2 aromatic carbocycles. The first-order valence-corrected chi connectivity index (χ1v) is 7.10. The fraction of sp³-hybridized carbons (Fsp3) is 0.176. The summed E-state index contributed by atoms with van der Waals surface area (Å²) in [5.74, 6) is -0.115. The summed E-state index contributed by atoms with van der Waals surface area (Å²) < 4.78 is 5.06. The van der Waals surface area contributed by atoms with Gasteiger partial charge in [0, 0.05) is 18.7 Å². The molecule has 0 atom stereocenters. The van der Waals surface area contributed by atoms with E-state index in [1.54, 1.807) is 36.4 Å². The van der Waals surface area contributed by atoms with Crippen LogP contribution in [0, 0.1) is 0 Å². The van der Waals surface area contributed by atoms with Crippen molar-refractivity contribution in [1.29, 1.82) is 0 Å². The fourth-order valence-corrected chi connectivity index (χ4v) is 1.98. The molecular weight excluding hydrogens is 296 g/mol. The average Bonchev–Trinajstić information content (AvgIpc) is 2.58. The van der Waals surface area contributed by atoms with Gasteiger partial charge in [-0.2, -0.15) is 0 Å². The monoisotopic (exact) mass is 314 g/mol. The number of phenolic OH excluding ortho intramolecular Hbond substituents is 1. The predicted molar refractivity (Wildman–Crippen MR) is 85.8 cm³/mol. The molecule has 0 spiro atoms. The van der Waals surface area contributed by atoms with E-state index in [-0.39, 0.29) is 30.3 Å². The van der Waals surface area contributed by atoms with Gasteiger partial charge in [-0.15, -0.1) is 0 Å². The highest BCUT2D eigenvalue weighted by Crippen LogP contribution is 2.15. The quantitative estimate of drug-likeness (QED) is 0.706. The number of phenols is 1. The molecule has 0 bridgehead atoms. The van der Waals surface area contributed by atoms with Crippen LogP contribution in [0.3, 0.4) is 0 Å². The summed E-state index contributed by atoms with van der Waals surface area (Å²) >= 11 is 0. The van der Waals surface area contributed by atoms with Gasteiger partial charge in [-0.1, -0.05) is 18.2 Å². The van der Waals surface area contributed by atoms with E-state index in [1.807, 2.05) is 0 Å². The number of carbonyl (C=O) groups is 2. The molecule has 6 nitrogen and oxygen atoms in total. The molecule has 2 amide bonds. The lowest BCUT2D eigenvalue weighted by Crippen LogP contribution is -2.34. The van der Waals surface area contributed by atoms with Gasteiger partial charge in [0.2, 0.25) is 0 Å². The van der Waals surface area contributed by atoms with Gasteiger partial charge in [0.25, 0.3) is 11.8 Å². The zero-order valence-corrected chi connectivity index (χ0v) is 12.7. The molecular formula is C17H18N2O4. The Balaban J connectivity index is 1.80. The predicted octanol–water partition coefficient (Wildman–Crippen LogP) is 1.56. The molecule has 2 rings (SSSR count). The first-order chi connectivity index (χ1) is 11.1. The van der Waals surface area contributed by atoms with Crippen molar-refractivity contribution in [2.24, 2.45) is 0 Å². The van der Waals surface area contributed by atoms with Crippen LogP contribution >= 0.6 is 0 Å². The van der Waals surface area contributed by atoms with E-state index in [0.29, 0.717) is 11.3 Å². The van der Waals surface area contributed by atoms with Gasteiger partial charge in [0.15, 0.2) is 0 Å². The number of ether oxygens (including phenoxy) is 1. The molecule has 0 heterocycles. The van der Waals surface area contributed by atoms with Crippen LogP contribution in [-0.2, 0) is 0 Å². The van der Waals surface area contributed by atoms with Crippen LogP contribution < -0.4 is 15.4 Å². The van der Waals surface area contributed by atoms with E-state index < -0.39 is 5.91 Å². The Bertz CT molecular complexity index is 700. The summed E-state index contributed by atoms with van der Waals surface area (Å²) in [7, 11) is 1.53. The lowest BCUT2D eigenvalue weighted by molar-refractivity contribution is 0.0926. The van der Waals surface area contributed by atoms with Crippen molar-refractivity contribution in [3.05, 3.63) is 59.7 Å². The number of benzene rings is 2. The van der Waals surface area contributed by atoms with Crippen LogP contribution in [0.5, 0.6) is 11.5 Å². The van der Waals surface area contributed by atoms with Crippen LogP contribution in [0.4, 0.5) is 0 Å². The number of hydrogen-bond donors (Lipinski definition) is 3. The Kier molecular flexibility index (Phi) is 5.57. The number of nitrogens with one attached hydrogen (secondary N) is 2. The minimum absolute atomic E-state index is 0.0783. The number of methoxy groups -OCH3 is 1. The molecule has 0 aliphatic rings. The topological polar surface area (TPSA) is 87.7 Å². The van der Waals surface area contributed by atoms with Crippen molar-refractivity contribution in [2.45, 2.75) is 0 Å². The van der Waals surface area contributed by atoms with Crippen LogP contribution in [0.2, 0.25) is 0 Å². The summed E-state index contributed by atoms with van der Waals surface area (Å²) in [5.41, 5.74) is 0.683. The molecule has 2 aromatic rings. The Morgan fingerprint density at radius 2 is 1.70 bits per heavy atom. The normalized spacial score (nSPS) is 9.96. The van der Waals surface area contributed by atoms with Crippen LogP contribution in [0.1, 0.15) is 20.7 Å².